The second kappa shape index (κ2) is 14.3. The van der Waals surface area contributed by atoms with Crippen LogP contribution in [0.25, 0.3) is 122 Å². The summed E-state index contributed by atoms with van der Waals surface area (Å²) in [6, 6.07) is 77.6. The third kappa shape index (κ3) is 6.14. The number of aromatic nitrogens is 2. The van der Waals surface area contributed by atoms with E-state index in [-0.39, 0.29) is 0 Å². The van der Waals surface area contributed by atoms with E-state index in [1.54, 1.807) is 0 Å². The van der Waals surface area contributed by atoms with Gasteiger partial charge in [0.15, 0.2) is 5.82 Å². The Kier molecular flexibility index (Phi) is 8.17. The number of fused-ring (bicyclic) bond motifs is 7. The van der Waals surface area contributed by atoms with Crippen molar-refractivity contribution in [1.29, 1.82) is 0 Å². The van der Waals surface area contributed by atoms with E-state index in [4.69, 9.17) is 14.4 Å². The Bertz CT molecular complexity index is 3570. The minimum absolute atomic E-state index is 0.717. The standard InChI is InChI=1S/C58H36N2O/c1-4-13-37(14-5-1)48-21-12-22-55-56(48)52-35-51(49-19-10-11-20-50(49)57(52)61-55)46-29-27-42-31-40(23-25-44(42)33-46)41-24-26-45-34-47(30-28-43(45)32-41)54-36-53(38-15-6-2-7-16-38)59-58(60-54)39-17-8-3-9-18-39/h1-36H. The van der Waals surface area contributed by atoms with Crippen LogP contribution < -0.4 is 0 Å². The number of nitrogens with zero attached hydrogens (tertiary/aromatic N) is 2. The quantitative estimate of drug-likeness (QED) is 0.169. The lowest BCUT2D eigenvalue weighted by atomic mass is 9.92. The Morgan fingerprint density at radius 3 is 1.46 bits per heavy atom. The van der Waals surface area contributed by atoms with Crippen LogP contribution in [0.4, 0.5) is 0 Å². The fourth-order valence-electron chi connectivity index (χ4n) is 8.99. The van der Waals surface area contributed by atoms with Gasteiger partial charge in [-0.2, -0.15) is 0 Å². The molecule has 3 nitrogen and oxygen atoms in total. The van der Waals surface area contributed by atoms with Crippen molar-refractivity contribution in [2.24, 2.45) is 0 Å². The van der Waals surface area contributed by atoms with Crippen LogP contribution in [0, 0.1) is 0 Å². The molecule has 0 spiro atoms. The van der Waals surface area contributed by atoms with Gasteiger partial charge >= 0.3 is 0 Å². The van der Waals surface area contributed by atoms with Crippen LogP contribution in [0.5, 0.6) is 0 Å². The van der Waals surface area contributed by atoms with E-state index in [2.05, 4.69) is 182 Å². The maximum atomic E-state index is 6.63. The smallest absolute Gasteiger partial charge is 0.160 e. The fourth-order valence-corrected chi connectivity index (χ4v) is 8.99. The first-order valence-electron chi connectivity index (χ1n) is 20.7. The van der Waals surface area contributed by atoms with E-state index in [0.29, 0.717) is 5.82 Å². The van der Waals surface area contributed by atoms with Gasteiger partial charge in [0.25, 0.3) is 0 Å². The van der Waals surface area contributed by atoms with Crippen molar-refractivity contribution in [3.05, 3.63) is 218 Å². The molecule has 0 amide bonds. The highest BCUT2D eigenvalue weighted by Crippen LogP contribution is 2.43. The molecule has 0 saturated carbocycles. The SMILES string of the molecule is c1ccc(-c2cc(-c3ccc4cc(-c5ccc6cc(-c7cc8c(oc9cccc(-c%10ccccc%10)c98)c8ccccc78)ccc6c5)ccc4c3)nc(-c3ccccc3)n2)cc1. The number of furan rings is 1. The van der Waals surface area contributed by atoms with Crippen LogP contribution >= 0.6 is 0 Å². The van der Waals surface area contributed by atoms with Crippen LogP contribution in [0.3, 0.4) is 0 Å². The van der Waals surface area contributed by atoms with Crippen molar-refractivity contribution in [2.45, 2.75) is 0 Å². The van der Waals surface area contributed by atoms with Gasteiger partial charge in [-0.1, -0.05) is 176 Å². The van der Waals surface area contributed by atoms with Crippen molar-refractivity contribution in [3.8, 4) is 67.3 Å². The molecule has 0 fully saturated rings. The molecule has 0 radical (unpaired) electrons. The second-order valence-electron chi connectivity index (χ2n) is 15.7. The van der Waals surface area contributed by atoms with E-state index in [1.807, 2.05) is 36.4 Å². The van der Waals surface area contributed by atoms with Crippen molar-refractivity contribution in [2.75, 3.05) is 0 Å². The molecule has 0 N–H and O–H groups in total. The third-order valence-corrected chi connectivity index (χ3v) is 12.0. The zero-order valence-electron chi connectivity index (χ0n) is 33.1. The lowest BCUT2D eigenvalue weighted by Crippen LogP contribution is -1.95. The van der Waals surface area contributed by atoms with Gasteiger partial charge in [0.2, 0.25) is 0 Å². The molecule has 2 aromatic heterocycles. The molecule has 0 atom stereocenters. The predicted octanol–water partition coefficient (Wildman–Crippen LogP) is 15.8. The second-order valence-corrected chi connectivity index (χ2v) is 15.7. The van der Waals surface area contributed by atoms with Crippen molar-refractivity contribution in [1.82, 2.24) is 9.97 Å². The molecule has 284 valence electrons. The van der Waals surface area contributed by atoms with Crippen LogP contribution in [-0.4, -0.2) is 9.97 Å². The predicted molar refractivity (Wildman–Crippen MR) is 254 cm³/mol. The molecule has 2 heterocycles. The summed E-state index contributed by atoms with van der Waals surface area (Å²) in [5.74, 6) is 0.717. The first kappa shape index (κ1) is 34.9. The summed E-state index contributed by atoms with van der Waals surface area (Å²) in [6.07, 6.45) is 0. The fraction of sp³-hybridized carbons (Fsp3) is 0. The molecular weight excluding hydrogens is 741 g/mol. The Morgan fingerprint density at radius 2 is 0.803 bits per heavy atom. The van der Waals surface area contributed by atoms with Crippen molar-refractivity contribution < 1.29 is 4.42 Å². The number of rotatable bonds is 6. The Hall–Kier alpha value is -8.14. The largest absolute Gasteiger partial charge is 0.455 e. The average molecular weight is 777 g/mol. The number of hydrogen-bond acceptors (Lipinski definition) is 3. The monoisotopic (exact) mass is 776 g/mol. The molecule has 0 saturated heterocycles. The summed E-state index contributed by atoms with van der Waals surface area (Å²) in [5.41, 5.74) is 13.9. The summed E-state index contributed by atoms with van der Waals surface area (Å²) in [5, 5.41) is 9.33. The van der Waals surface area contributed by atoms with Gasteiger partial charge in [0.05, 0.1) is 11.4 Å². The molecule has 0 aliphatic carbocycles. The lowest BCUT2D eigenvalue weighted by Gasteiger charge is -2.12. The van der Waals surface area contributed by atoms with Gasteiger partial charge in [0.1, 0.15) is 11.2 Å². The van der Waals surface area contributed by atoms with Gasteiger partial charge < -0.3 is 4.42 Å². The van der Waals surface area contributed by atoms with Crippen molar-refractivity contribution >= 4 is 54.3 Å². The number of hydrogen-bond donors (Lipinski definition) is 0. The molecule has 12 rings (SSSR count). The zero-order valence-corrected chi connectivity index (χ0v) is 33.1. The Labute approximate surface area is 352 Å². The molecule has 10 aromatic carbocycles. The molecule has 0 bridgehead atoms. The lowest BCUT2D eigenvalue weighted by molar-refractivity contribution is 0.673. The van der Waals surface area contributed by atoms with Gasteiger partial charge in [-0.15, -0.1) is 0 Å². The summed E-state index contributed by atoms with van der Waals surface area (Å²) >= 11 is 0. The number of benzene rings is 10. The van der Waals surface area contributed by atoms with Crippen LogP contribution in [-0.2, 0) is 0 Å². The van der Waals surface area contributed by atoms with E-state index in [0.717, 1.165) is 55.4 Å². The van der Waals surface area contributed by atoms with E-state index in [1.165, 1.54) is 60.3 Å². The molecule has 0 aliphatic rings. The summed E-state index contributed by atoms with van der Waals surface area (Å²) in [7, 11) is 0. The van der Waals surface area contributed by atoms with Gasteiger partial charge in [-0.25, -0.2) is 9.97 Å². The maximum absolute atomic E-state index is 6.63. The zero-order chi connectivity index (χ0) is 40.3. The Morgan fingerprint density at radius 1 is 0.295 bits per heavy atom. The highest BCUT2D eigenvalue weighted by molar-refractivity contribution is 6.22. The minimum Gasteiger partial charge on any atom is -0.455 e. The highest BCUT2D eigenvalue weighted by atomic mass is 16.3. The van der Waals surface area contributed by atoms with E-state index >= 15 is 0 Å². The molecule has 61 heavy (non-hydrogen) atoms. The third-order valence-electron chi connectivity index (χ3n) is 12.0. The summed E-state index contributed by atoms with van der Waals surface area (Å²) in [4.78, 5) is 10.0. The summed E-state index contributed by atoms with van der Waals surface area (Å²) < 4.78 is 6.63. The van der Waals surface area contributed by atoms with Gasteiger partial charge in [-0.3, -0.25) is 0 Å². The first-order valence-corrected chi connectivity index (χ1v) is 20.7. The minimum atomic E-state index is 0.717. The van der Waals surface area contributed by atoms with E-state index in [9.17, 15) is 0 Å². The first-order chi connectivity index (χ1) is 30.2. The van der Waals surface area contributed by atoms with Crippen LogP contribution in [0.1, 0.15) is 0 Å². The molecule has 3 heteroatoms. The average Bonchev–Trinajstić information content (AvgIpc) is 3.73. The topological polar surface area (TPSA) is 38.9 Å². The molecule has 12 aromatic rings. The highest BCUT2D eigenvalue weighted by Gasteiger charge is 2.18. The molecule has 0 aliphatic heterocycles. The Balaban J connectivity index is 0.903. The normalized spacial score (nSPS) is 11.6. The molecular formula is C58H36N2O. The van der Waals surface area contributed by atoms with Crippen LogP contribution in [0.2, 0.25) is 0 Å². The summed E-state index contributed by atoms with van der Waals surface area (Å²) in [6.45, 7) is 0. The van der Waals surface area contributed by atoms with Crippen LogP contribution in [0.15, 0.2) is 223 Å². The van der Waals surface area contributed by atoms with Gasteiger partial charge in [-0.05, 0) is 103 Å². The molecule has 0 unspecified atom stereocenters. The van der Waals surface area contributed by atoms with E-state index < -0.39 is 0 Å². The van der Waals surface area contributed by atoms with Gasteiger partial charge in [0, 0.05) is 32.8 Å². The van der Waals surface area contributed by atoms with Crippen molar-refractivity contribution in [3.63, 3.8) is 0 Å². The maximum Gasteiger partial charge on any atom is 0.160 e.